The summed E-state index contributed by atoms with van der Waals surface area (Å²) in [4.78, 5) is 7.11. The molecule has 0 radical (unpaired) electrons. The van der Waals surface area contributed by atoms with Gasteiger partial charge in [0.15, 0.2) is 0 Å². The smallest absolute Gasteiger partial charge is 0.124 e. The van der Waals surface area contributed by atoms with Crippen LogP contribution in [0.5, 0.6) is 0 Å². The topological polar surface area (TPSA) is 28.7 Å². The van der Waals surface area contributed by atoms with Crippen molar-refractivity contribution in [2.45, 2.75) is 11.8 Å². The Kier molecular flexibility index (Phi) is 3.81. The Morgan fingerprint density at radius 2 is 2.31 bits per heavy atom. The zero-order chi connectivity index (χ0) is 11.5. The molecule has 2 aromatic rings. The second-order valence-electron chi connectivity index (χ2n) is 3.37. The van der Waals surface area contributed by atoms with Crippen molar-refractivity contribution in [3.8, 4) is 0 Å². The average molecular weight is 351 g/mol. The molecule has 0 spiro atoms. The Labute approximate surface area is 111 Å². The molecule has 0 aliphatic heterocycles. The number of nitrogens with one attached hydrogen (secondary N) is 1. The van der Waals surface area contributed by atoms with Gasteiger partial charge in [-0.05, 0) is 40.3 Å². The summed E-state index contributed by atoms with van der Waals surface area (Å²) in [5.74, 6) is 0.593. The molecule has 0 saturated heterocycles. The molecule has 2 nitrogen and oxygen atoms in total. The van der Waals surface area contributed by atoms with Crippen LogP contribution in [-0.4, -0.2) is 9.97 Å². The van der Waals surface area contributed by atoms with Crippen molar-refractivity contribution >= 4 is 34.2 Å². The minimum atomic E-state index is -0.241. The van der Waals surface area contributed by atoms with E-state index in [9.17, 15) is 4.39 Å². The van der Waals surface area contributed by atoms with Gasteiger partial charge in [0.2, 0.25) is 0 Å². The van der Waals surface area contributed by atoms with E-state index in [0.29, 0.717) is 6.42 Å². The number of imidazole rings is 1. The summed E-state index contributed by atoms with van der Waals surface area (Å²) in [6.45, 7) is 0. The molecule has 0 bridgehead atoms. The first-order valence-corrected chi connectivity index (χ1v) is 6.25. The normalized spacial score (nSPS) is 12.7. The third-order valence-corrected chi connectivity index (χ3v) is 3.55. The molecule has 0 fully saturated rings. The van der Waals surface area contributed by atoms with Gasteiger partial charge in [0.25, 0.3) is 0 Å². The number of halogens is 3. The van der Waals surface area contributed by atoms with E-state index in [0.717, 1.165) is 15.0 Å². The number of benzene rings is 1. The zero-order valence-corrected chi connectivity index (χ0v) is 11.2. The molecule has 0 saturated carbocycles. The maximum atomic E-state index is 12.9. The van der Waals surface area contributed by atoms with E-state index in [1.54, 1.807) is 18.5 Å². The van der Waals surface area contributed by atoms with Gasteiger partial charge in [-0.1, -0.05) is 6.07 Å². The summed E-state index contributed by atoms with van der Waals surface area (Å²) in [6.07, 6.45) is 4.05. The number of hydrogen-bond acceptors (Lipinski definition) is 1. The Morgan fingerprint density at radius 1 is 1.50 bits per heavy atom. The molecule has 0 aliphatic rings. The minimum Gasteiger partial charge on any atom is -0.349 e. The van der Waals surface area contributed by atoms with E-state index >= 15 is 0 Å². The van der Waals surface area contributed by atoms with Gasteiger partial charge < -0.3 is 4.98 Å². The van der Waals surface area contributed by atoms with E-state index in [1.165, 1.54) is 12.1 Å². The first kappa shape index (κ1) is 11.9. The molecular formula is C11H9ClFIN2. The van der Waals surface area contributed by atoms with Crippen molar-refractivity contribution in [1.29, 1.82) is 0 Å². The van der Waals surface area contributed by atoms with Gasteiger partial charge >= 0.3 is 0 Å². The quantitative estimate of drug-likeness (QED) is 0.664. The van der Waals surface area contributed by atoms with Crippen LogP contribution in [0.1, 0.15) is 16.8 Å². The van der Waals surface area contributed by atoms with Gasteiger partial charge in [0.1, 0.15) is 11.6 Å². The summed E-state index contributed by atoms with van der Waals surface area (Å²) in [7, 11) is 0. The third-order valence-electron chi connectivity index (χ3n) is 2.23. The molecule has 1 aromatic heterocycles. The molecule has 1 aromatic carbocycles. The summed E-state index contributed by atoms with van der Waals surface area (Å²) in [5.41, 5.74) is 0.931. The van der Waals surface area contributed by atoms with Gasteiger partial charge in [-0.2, -0.15) is 0 Å². The van der Waals surface area contributed by atoms with Crippen LogP contribution in [0.15, 0.2) is 30.6 Å². The first-order chi connectivity index (χ1) is 7.66. The van der Waals surface area contributed by atoms with Gasteiger partial charge in [-0.3, -0.25) is 0 Å². The van der Waals surface area contributed by atoms with Crippen LogP contribution in [-0.2, 0) is 6.42 Å². The molecule has 1 atom stereocenters. The molecule has 0 aliphatic carbocycles. The van der Waals surface area contributed by atoms with Gasteiger partial charge in [0.05, 0.1) is 5.38 Å². The van der Waals surface area contributed by atoms with Crippen molar-refractivity contribution in [2.75, 3.05) is 0 Å². The lowest BCUT2D eigenvalue weighted by atomic mass is 10.1. The van der Waals surface area contributed by atoms with E-state index < -0.39 is 0 Å². The third kappa shape index (κ3) is 2.74. The zero-order valence-electron chi connectivity index (χ0n) is 8.25. The number of H-pyrrole nitrogens is 1. The van der Waals surface area contributed by atoms with Crippen LogP contribution in [0, 0.1) is 9.39 Å². The Balaban J connectivity index is 2.17. The Morgan fingerprint density at radius 3 is 2.94 bits per heavy atom. The van der Waals surface area contributed by atoms with Crippen molar-refractivity contribution in [2.24, 2.45) is 0 Å². The summed E-state index contributed by atoms with van der Waals surface area (Å²) in [5, 5.41) is -0.196. The molecule has 16 heavy (non-hydrogen) atoms. The van der Waals surface area contributed by atoms with Crippen molar-refractivity contribution in [3.05, 3.63) is 51.4 Å². The van der Waals surface area contributed by atoms with E-state index in [2.05, 4.69) is 32.6 Å². The number of nitrogens with zero attached hydrogens (tertiary/aromatic N) is 1. The minimum absolute atomic E-state index is 0.196. The molecule has 1 unspecified atom stereocenters. The lowest BCUT2D eigenvalue weighted by Gasteiger charge is -2.10. The SMILES string of the molecule is Fc1ccc(C(Cl)Cc2ncc[nH]2)c(I)c1. The summed E-state index contributed by atoms with van der Waals surface area (Å²) in [6, 6.07) is 4.63. The van der Waals surface area contributed by atoms with E-state index in [1.807, 2.05) is 0 Å². The number of aromatic nitrogens is 2. The highest BCUT2D eigenvalue weighted by Crippen LogP contribution is 2.28. The highest BCUT2D eigenvalue weighted by atomic mass is 127. The standard InChI is InChI=1S/C11H9ClFIN2/c12-9(6-11-15-3-4-16-11)8-2-1-7(13)5-10(8)14/h1-5,9H,6H2,(H,15,16). The monoisotopic (exact) mass is 350 g/mol. The Hall–Kier alpha value is -0.620. The Bertz CT molecular complexity index is 473. The predicted molar refractivity (Wildman–Crippen MR) is 70.0 cm³/mol. The fraction of sp³-hybridized carbons (Fsp3) is 0.182. The van der Waals surface area contributed by atoms with Crippen LogP contribution in [0.2, 0.25) is 0 Å². The van der Waals surface area contributed by atoms with E-state index in [4.69, 9.17) is 11.6 Å². The van der Waals surface area contributed by atoms with Crippen LogP contribution in [0.4, 0.5) is 4.39 Å². The number of alkyl halides is 1. The van der Waals surface area contributed by atoms with Crippen molar-refractivity contribution in [3.63, 3.8) is 0 Å². The predicted octanol–water partition coefficient (Wildman–Crippen LogP) is 3.68. The van der Waals surface area contributed by atoms with Gasteiger partial charge in [-0.25, -0.2) is 9.37 Å². The van der Waals surface area contributed by atoms with Crippen LogP contribution in [0.3, 0.4) is 0 Å². The highest BCUT2D eigenvalue weighted by Gasteiger charge is 2.13. The number of rotatable bonds is 3. The van der Waals surface area contributed by atoms with Gasteiger partial charge in [-0.15, -0.1) is 11.6 Å². The van der Waals surface area contributed by atoms with Crippen molar-refractivity contribution < 1.29 is 4.39 Å². The molecule has 84 valence electrons. The fourth-order valence-electron chi connectivity index (χ4n) is 1.44. The van der Waals surface area contributed by atoms with Crippen molar-refractivity contribution in [1.82, 2.24) is 9.97 Å². The number of aromatic amines is 1. The second kappa shape index (κ2) is 5.14. The number of hydrogen-bond donors (Lipinski definition) is 1. The molecular weight excluding hydrogens is 341 g/mol. The molecule has 1 heterocycles. The van der Waals surface area contributed by atoms with E-state index in [-0.39, 0.29) is 11.2 Å². The summed E-state index contributed by atoms with van der Waals surface area (Å²) >= 11 is 8.36. The van der Waals surface area contributed by atoms with Crippen LogP contribution in [0.25, 0.3) is 0 Å². The second-order valence-corrected chi connectivity index (χ2v) is 5.06. The lowest BCUT2D eigenvalue weighted by Crippen LogP contribution is -2.00. The summed E-state index contributed by atoms with van der Waals surface area (Å²) < 4.78 is 13.8. The molecule has 1 N–H and O–H groups in total. The maximum absolute atomic E-state index is 12.9. The molecule has 0 amide bonds. The molecule has 5 heteroatoms. The largest absolute Gasteiger partial charge is 0.349 e. The lowest BCUT2D eigenvalue weighted by molar-refractivity contribution is 0.625. The van der Waals surface area contributed by atoms with Gasteiger partial charge in [0, 0.05) is 22.4 Å². The fourth-order valence-corrected chi connectivity index (χ4v) is 2.82. The maximum Gasteiger partial charge on any atom is 0.124 e. The molecule has 2 rings (SSSR count). The highest BCUT2D eigenvalue weighted by molar-refractivity contribution is 14.1. The van der Waals surface area contributed by atoms with Crippen LogP contribution < -0.4 is 0 Å². The van der Waals surface area contributed by atoms with Crippen LogP contribution >= 0.6 is 34.2 Å². The first-order valence-electron chi connectivity index (χ1n) is 4.74. The average Bonchev–Trinajstić information content (AvgIpc) is 2.70.